The lowest BCUT2D eigenvalue weighted by molar-refractivity contribution is 0.0728. The van der Waals surface area contributed by atoms with E-state index in [1.54, 1.807) is 31.2 Å². The summed E-state index contributed by atoms with van der Waals surface area (Å²) in [7, 11) is 0. The predicted octanol–water partition coefficient (Wildman–Crippen LogP) is 5.79. The lowest BCUT2D eigenvalue weighted by Crippen LogP contribution is -2.22. The van der Waals surface area contributed by atoms with Gasteiger partial charge in [-0.2, -0.15) is 0 Å². The smallest absolute Gasteiger partial charge is 0.347 e. The molecule has 0 aromatic heterocycles. The maximum absolute atomic E-state index is 15.3. The molecule has 0 amide bonds. The molecule has 150 valence electrons. The van der Waals surface area contributed by atoms with E-state index in [2.05, 4.69) is 0 Å². The molecule has 3 rings (SSSR count). The Hall–Kier alpha value is -2.27. The molecule has 0 N–H and O–H groups in total. The van der Waals surface area contributed by atoms with Crippen LogP contribution in [-0.2, 0) is 0 Å². The minimum absolute atomic E-state index is 0.0467. The third kappa shape index (κ3) is 4.25. The van der Waals surface area contributed by atoms with Gasteiger partial charge < -0.3 is 14.4 Å². The average molecular weight is 406 g/mol. The Balaban J connectivity index is 2.04. The number of carbonyl (C=O) groups excluding carboxylic acids is 1. The Morgan fingerprint density at radius 1 is 1.21 bits per heavy atom. The molecule has 0 radical (unpaired) electrons. The van der Waals surface area contributed by atoms with E-state index in [0.29, 0.717) is 18.0 Å². The van der Waals surface area contributed by atoms with Crippen LogP contribution in [-0.4, -0.2) is 25.7 Å². The number of halogens is 2. The Kier molecular flexibility index (Phi) is 6.79. The van der Waals surface area contributed by atoms with Crippen molar-refractivity contribution in [2.24, 2.45) is 0 Å². The molecule has 0 bridgehead atoms. The fourth-order valence-corrected chi connectivity index (χ4v) is 3.69. The molecule has 1 aliphatic heterocycles. The summed E-state index contributed by atoms with van der Waals surface area (Å²) in [5.41, 5.74) is 0.559. The summed E-state index contributed by atoms with van der Waals surface area (Å²) in [5.74, 6) is -0.581. The van der Waals surface area contributed by atoms with Crippen molar-refractivity contribution in [3.05, 3.63) is 52.3 Å². The van der Waals surface area contributed by atoms with E-state index < -0.39 is 11.8 Å². The van der Waals surface area contributed by atoms with Crippen LogP contribution in [0.4, 0.5) is 10.1 Å². The number of anilines is 1. The number of hydrogen-bond donors (Lipinski definition) is 0. The highest BCUT2D eigenvalue weighted by Crippen LogP contribution is 2.43. The summed E-state index contributed by atoms with van der Waals surface area (Å²) in [6.07, 6.45) is 3.71. The topological polar surface area (TPSA) is 38.8 Å². The number of rotatable bonds is 7. The van der Waals surface area contributed by atoms with Gasteiger partial charge in [-0.25, -0.2) is 9.18 Å². The lowest BCUT2D eigenvalue weighted by Gasteiger charge is -2.24. The zero-order chi connectivity index (χ0) is 20.1. The third-order valence-corrected chi connectivity index (χ3v) is 5.22. The molecule has 2 aromatic rings. The predicted molar refractivity (Wildman–Crippen MR) is 109 cm³/mol. The zero-order valence-corrected chi connectivity index (χ0v) is 17.0. The van der Waals surface area contributed by atoms with Gasteiger partial charge in [-0.15, -0.1) is 0 Å². The van der Waals surface area contributed by atoms with Gasteiger partial charge in [0.1, 0.15) is 16.3 Å². The van der Waals surface area contributed by atoms with Crippen LogP contribution in [0.15, 0.2) is 30.3 Å². The van der Waals surface area contributed by atoms with Crippen molar-refractivity contribution in [3.8, 4) is 11.5 Å². The Morgan fingerprint density at radius 3 is 2.54 bits per heavy atom. The number of nitrogens with zero attached hydrogens (tertiary/aromatic N) is 1. The fraction of sp³-hybridized carbons (Fsp3) is 0.409. The number of carbonyl (C=O) groups is 1. The molecule has 1 heterocycles. The van der Waals surface area contributed by atoms with Gasteiger partial charge in [0, 0.05) is 18.7 Å². The average Bonchev–Trinajstić information content (AvgIpc) is 3.21. The second kappa shape index (κ2) is 9.28. The maximum atomic E-state index is 15.3. The number of esters is 1. The van der Waals surface area contributed by atoms with E-state index in [9.17, 15) is 4.79 Å². The molecule has 0 spiro atoms. The molecule has 0 saturated carbocycles. The molecule has 4 nitrogen and oxygen atoms in total. The van der Waals surface area contributed by atoms with Crippen LogP contribution >= 0.6 is 11.6 Å². The fourth-order valence-electron chi connectivity index (χ4n) is 3.34. The van der Waals surface area contributed by atoms with E-state index >= 15 is 4.39 Å². The van der Waals surface area contributed by atoms with E-state index in [-0.39, 0.29) is 21.9 Å². The highest BCUT2D eigenvalue weighted by atomic mass is 35.5. The number of hydrogen-bond acceptors (Lipinski definition) is 4. The molecule has 1 fully saturated rings. The highest BCUT2D eigenvalue weighted by molar-refractivity contribution is 6.35. The van der Waals surface area contributed by atoms with Crippen molar-refractivity contribution >= 4 is 23.3 Å². The molecule has 1 aliphatic rings. The van der Waals surface area contributed by atoms with Crippen molar-refractivity contribution in [1.82, 2.24) is 0 Å². The second-order valence-electron chi connectivity index (χ2n) is 6.90. The zero-order valence-electron chi connectivity index (χ0n) is 16.3. The van der Waals surface area contributed by atoms with Gasteiger partial charge in [0.2, 0.25) is 0 Å². The second-order valence-corrected chi connectivity index (χ2v) is 7.28. The summed E-state index contributed by atoms with van der Waals surface area (Å²) >= 11 is 6.58. The first-order valence-electron chi connectivity index (χ1n) is 9.71. The Morgan fingerprint density at radius 2 is 1.89 bits per heavy atom. The molecule has 1 saturated heterocycles. The van der Waals surface area contributed by atoms with Crippen molar-refractivity contribution in [3.63, 3.8) is 0 Å². The number of unbranched alkanes of at least 4 members (excludes halogenated alkanes) is 1. The largest absolute Gasteiger partial charge is 0.491 e. The van der Waals surface area contributed by atoms with Gasteiger partial charge in [-0.1, -0.05) is 43.1 Å². The van der Waals surface area contributed by atoms with E-state index in [1.165, 1.54) is 0 Å². The van der Waals surface area contributed by atoms with Crippen molar-refractivity contribution in [1.29, 1.82) is 0 Å². The van der Waals surface area contributed by atoms with E-state index in [4.69, 9.17) is 21.1 Å². The van der Waals surface area contributed by atoms with Gasteiger partial charge >= 0.3 is 5.97 Å². The summed E-state index contributed by atoms with van der Waals surface area (Å²) < 4.78 is 26.6. The van der Waals surface area contributed by atoms with E-state index in [1.807, 2.05) is 17.9 Å². The SMILES string of the molecule is CCCCOc1c(Cl)c(N2CCCC2)c(F)c(C)c1C(=O)Oc1ccccc1. The van der Waals surface area contributed by atoms with Gasteiger partial charge in [0.15, 0.2) is 11.6 Å². The van der Waals surface area contributed by atoms with Crippen molar-refractivity contribution in [2.75, 3.05) is 24.6 Å². The van der Waals surface area contributed by atoms with Crippen LogP contribution in [0.5, 0.6) is 11.5 Å². The van der Waals surface area contributed by atoms with E-state index in [0.717, 1.165) is 38.8 Å². The number of ether oxygens (including phenoxy) is 2. The molecule has 2 aromatic carbocycles. The first-order chi connectivity index (χ1) is 13.5. The van der Waals surface area contributed by atoms with Crippen LogP contribution in [0.2, 0.25) is 5.02 Å². The molecule has 0 unspecified atom stereocenters. The molecule has 0 atom stereocenters. The van der Waals surface area contributed by atoms with Crippen molar-refractivity contribution < 1.29 is 18.7 Å². The summed E-state index contributed by atoms with van der Waals surface area (Å²) in [6, 6.07) is 8.68. The Bertz CT molecular complexity index is 836. The summed E-state index contributed by atoms with van der Waals surface area (Å²) in [4.78, 5) is 14.8. The third-order valence-electron chi connectivity index (χ3n) is 4.87. The van der Waals surface area contributed by atoms with Crippen LogP contribution < -0.4 is 14.4 Å². The van der Waals surface area contributed by atoms with Gasteiger partial charge in [-0.3, -0.25) is 0 Å². The van der Waals surface area contributed by atoms with Crippen LogP contribution in [0.25, 0.3) is 0 Å². The first-order valence-corrected chi connectivity index (χ1v) is 10.1. The molecule has 0 aliphatic carbocycles. The minimum Gasteiger partial charge on any atom is -0.491 e. The number of benzene rings is 2. The quantitative estimate of drug-likeness (QED) is 0.332. The lowest BCUT2D eigenvalue weighted by atomic mass is 10.0. The van der Waals surface area contributed by atoms with Crippen LogP contribution in [0, 0.1) is 12.7 Å². The molecular formula is C22H25ClFNO3. The minimum atomic E-state index is -0.677. The molecule has 28 heavy (non-hydrogen) atoms. The van der Waals surface area contributed by atoms with Crippen molar-refractivity contribution in [2.45, 2.75) is 39.5 Å². The van der Waals surface area contributed by atoms with Gasteiger partial charge in [0.25, 0.3) is 0 Å². The number of para-hydroxylation sites is 1. The van der Waals surface area contributed by atoms with Gasteiger partial charge in [-0.05, 0) is 38.3 Å². The molecule has 6 heteroatoms. The Labute approximate surface area is 170 Å². The maximum Gasteiger partial charge on any atom is 0.347 e. The van der Waals surface area contributed by atoms with Gasteiger partial charge in [0.05, 0.1) is 12.3 Å². The summed E-state index contributed by atoms with van der Waals surface area (Å²) in [6.45, 7) is 5.48. The standard InChI is InChI=1S/C22H25ClFNO3/c1-3-4-14-27-21-17(22(26)28-16-10-6-5-7-11-16)15(2)19(24)20(18(21)23)25-12-8-9-13-25/h5-7,10-11H,3-4,8-9,12-14H2,1-2H3. The first kappa shape index (κ1) is 20.5. The highest BCUT2D eigenvalue weighted by Gasteiger charge is 2.31. The normalized spacial score (nSPS) is 13.6. The summed E-state index contributed by atoms with van der Waals surface area (Å²) in [5, 5.41) is 0.140. The van der Waals surface area contributed by atoms with Crippen LogP contribution in [0.1, 0.15) is 48.5 Å². The van der Waals surface area contributed by atoms with Crippen LogP contribution in [0.3, 0.4) is 0 Å². The monoisotopic (exact) mass is 405 g/mol. The molecular weight excluding hydrogens is 381 g/mol.